The van der Waals surface area contributed by atoms with Crippen LogP contribution in [0.2, 0.25) is 5.02 Å². The molecule has 0 aliphatic carbocycles. The quantitative estimate of drug-likeness (QED) is 0.930. The number of β-amino-alcohol motifs (C(OH)–C–C–N with tert-alkyl or cyclic N) is 1. The Bertz CT molecular complexity index is 517. The minimum atomic E-state index is -0.702. The monoisotopic (exact) mass is 310 g/mol. The third-order valence-corrected chi connectivity index (χ3v) is 4.19. The molecule has 1 N–H and O–H groups in total. The molecule has 2 rings (SSSR count). The van der Waals surface area contributed by atoms with Gasteiger partial charge in [-0.15, -0.1) is 0 Å². The number of amides is 1. The number of nitrogens with zero attached hydrogens (tertiary/aromatic N) is 2. The summed E-state index contributed by atoms with van der Waals surface area (Å²) in [5.41, 5.74) is 0.794. The predicted octanol–water partition coefficient (Wildman–Crippen LogP) is 2.18. The molecule has 1 aliphatic heterocycles. The van der Waals surface area contributed by atoms with Gasteiger partial charge in [0, 0.05) is 32.7 Å². The number of piperazine rings is 1. The van der Waals surface area contributed by atoms with Crippen LogP contribution in [0.25, 0.3) is 0 Å². The normalized spacial score (nSPS) is 17.1. The molecule has 4 nitrogen and oxygen atoms in total. The maximum absolute atomic E-state index is 12.5. The van der Waals surface area contributed by atoms with E-state index in [0.717, 1.165) is 18.7 Å². The summed E-state index contributed by atoms with van der Waals surface area (Å²) in [6.45, 7) is 9.02. The van der Waals surface area contributed by atoms with Crippen LogP contribution in [-0.4, -0.2) is 59.1 Å². The van der Waals surface area contributed by atoms with E-state index in [2.05, 4.69) is 4.90 Å². The highest BCUT2D eigenvalue weighted by Crippen LogP contribution is 2.22. The van der Waals surface area contributed by atoms with E-state index in [1.54, 1.807) is 19.9 Å². The molecule has 0 bridgehead atoms. The van der Waals surface area contributed by atoms with E-state index in [1.165, 1.54) is 0 Å². The number of rotatable bonds is 3. The molecule has 1 aromatic rings. The summed E-state index contributed by atoms with van der Waals surface area (Å²) in [7, 11) is 0. The number of hydrogen-bond acceptors (Lipinski definition) is 3. The van der Waals surface area contributed by atoms with Crippen LogP contribution >= 0.6 is 11.6 Å². The summed E-state index contributed by atoms with van der Waals surface area (Å²) in [5.74, 6) is -0.00777. The van der Waals surface area contributed by atoms with Crippen LogP contribution in [0.5, 0.6) is 0 Å². The molecule has 1 aromatic carbocycles. The smallest absolute Gasteiger partial charge is 0.255 e. The minimum absolute atomic E-state index is 0.00777. The molecular weight excluding hydrogens is 288 g/mol. The molecule has 21 heavy (non-hydrogen) atoms. The zero-order valence-electron chi connectivity index (χ0n) is 12.9. The third-order valence-electron chi connectivity index (χ3n) is 3.69. The lowest BCUT2D eigenvalue weighted by atomic mass is 10.1. The van der Waals surface area contributed by atoms with E-state index in [4.69, 9.17) is 11.6 Å². The Kier molecular flexibility index (Phi) is 4.91. The molecule has 116 valence electrons. The van der Waals surface area contributed by atoms with Crippen LogP contribution in [-0.2, 0) is 0 Å². The number of carbonyl (C=O) groups is 1. The SMILES string of the molecule is Cc1cccc(C(=O)N2CCN(CC(C)(C)O)CC2)c1Cl. The highest BCUT2D eigenvalue weighted by atomic mass is 35.5. The molecule has 1 amide bonds. The second-order valence-electron chi connectivity index (χ2n) is 6.32. The summed E-state index contributed by atoms with van der Waals surface area (Å²) in [4.78, 5) is 16.6. The summed E-state index contributed by atoms with van der Waals surface area (Å²) in [5, 5.41) is 10.4. The summed E-state index contributed by atoms with van der Waals surface area (Å²) >= 11 is 6.23. The zero-order valence-corrected chi connectivity index (χ0v) is 13.7. The maximum Gasteiger partial charge on any atom is 0.255 e. The lowest BCUT2D eigenvalue weighted by Gasteiger charge is -2.37. The first-order valence-electron chi connectivity index (χ1n) is 7.27. The van der Waals surface area contributed by atoms with Gasteiger partial charge in [-0.25, -0.2) is 0 Å². The first-order valence-corrected chi connectivity index (χ1v) is 7.65. The van der Waals surface area contributed by atoms with Crippen LogP contribution in [0.3, 0.4) is 0 Å². The molecule has 5 heteroatoms. The number of benzene rings is 1. The average Bonchev–Trinajstić information content (AvgIpc) is 2.40. The average molecular weight is 311 g/mol. The van der Waals surface area contributed by atoms with Gasteiger partial charge in [0.15, 0.2) is 0 Å². The Morgan fingerprint density at radius 2 is 1.90 bits per heavy atom. The number of halogens is 1. The summed E-state index contributed by atoms with van der Waals surface area (Å²) in [6, 6.07) is 5.54. The van der Waals surface area contributed by atoms with E-state index < -0.39 is 5.60 Å². The molecular formula is C16H23ClN2O2. The van der Waals surface area contributed by atoms with Crippen molar-refractivity contribution in [3.05, 3.63) is 34.3 Å². The van der Waals surface area contributed by atoms with Crippen molar-refractivity contribution >= 4 is 17.5 Å². The Morgan fingerprint density at radius 1 is 1.29 bits per heavy atom. The van der Waals surface area contributed by atoms with Gasteiger partial charge >= 0.3 is 0 Å². The first-order chi connectivity index (χ1) is 9.78. The van der Waals surface area contributed by atoms with Gasteiger partial charge in [0.2, 0.25) is 0 Å². The number of carbonyl (C=O) groups excluding carboxylic acids is 1. The van der Waals surface area contributed by atoms with Crippen LogP contribution < -0.4 is 0 Å². The molecule has 0 aromatic heterocycles. The molecule has 1 saturated heterocycles. The highest BCUT2D eigenvalue weighted by molar-refractivity contribution is 6.34. The van der Waals surface area contributed by atoms with Crippen LogP contribution in [0.1, 0.15) is 29.8 Å². The van der Waals surface area contributed by atoms with Crippen molar-refractivity contribution in [1.82, 2.24) is 9.80 Å². The maximum atomic E-state index is 12.5. The second kappa shape index (κ2) is 6.34. The van der Waals surface area contributed by atoms with Gasteiger partial charge in [-0.05, 0) is 32.4 Å². The Labute approximate surface area is 131 Å². The highest BCUT2D eigenvalue weighted by Gasteiger charge is 2.26. The van der Waals surface area contributed by atoms with Crippen molar-refractivity contribution in [2.75, 3.05) is 32.7 Å². The number of aryl methyl sites for hydroxylation is 1. The van der Waals surface area contributed by atoms with Gasteiger partial charge in [0.05, 0.1) is 16.2 Å². The molecule has 0 saturated carbocycles. The molecule has 0 unspecified atom stereocenters. The lowest BCUT2D eigenvalue weighted by Crippen LogP contribution is -2.52. The van der Waals surface area contributed by atoms with Crippen LogP contribution in [0.15, 0.2) is 18.2 Å². The fourth-order valence-electron chi connectivity index (χ4n) is 2.64. The van der Waals surface area contributed by atoms with Gasteiger partial charge in [0.1, 0.15) is 0 Å². The summed E-state index contributed by atoms with van der Waals surface area (Å²) < 4.78 is 0. The Hall–Kier alpha value is -1.10. The van der Waals surface area contributed by atoms with Crippen molar-refractivity contribution in [2.24, 2.45) is 0 Å². The fourth-order valence-corrected chi connectivity index (χ4v) is 2.85. The minimum Gasteiger partial charge on any atom is -0.389 e. The summed E-state index contributed by atoms with van der Waals surface area (Å²) in [6.07, 6.45) is 0. The van der Waals surface area contributed by atoms with Crippen LogP contribution in [0, 0.1) is 6.92 Å². The second-order valence-corrected chi connectivity index (χ2v) is 6.70. The Balaban J connectivity index is 1.99. The lowest BCUT2D eigenvalue weighted by molar-refractivity contribution is 0.0178. The first kappa shape index (κ1) is 16.3. The van der Waals surface area contributed by atoms with Gasteiger partial charge in [0.25, 0.3) is 5.91 Å². The van der Waals surface area contributed by atoms with Crippen molar-refractivity contribution in [3.8, 4) is 0 Å². The molecule has 1 heterocycles. The van der Waals surface area contributed by atoms with E-state index in [-0.39, 0.29) is 5.91 Å². The zero-order chi connectivity index (χ0) is 15.6. The molecule has 0 spiro atoms. The van der Waals surface area contributed by atoms with E-state index in [1.807, 2.05) is 24.0 Å². The van der Waals surface area contributed by atoms with Crippen molar-refractivity contribution in [1.29, 1.82) is 0 Å². The van der Waals surface area contributed by atoms with Crippen LogP contribution in [0.4, 0.5) is 0 Å². The molecule has 1 aliphatic rings. The molecule has 0 atom stereocenters. The largest absolute Gasteiger partial charge is 0.389 e. The van der Waals surface area contributed by atoms with Crippen molar-refractivity contribution < 1.29 is 9.90 Å². The van der Waals surface area contributed by atoms with Gasteiger partial charge < -0.3 is 10.0 Å². The standard InChI is InChI=1S/C16H23ClN2O2/c1-12-5-4-6-13(14(12)17)15(20)19-9-7-18(8-10-19)11-16(2,3)21/h4-6,21H,7-11H2,1-3H3. The van der Waals surface area contributed by atoms with E-state index >= 15 is 0 Å². The van der Waals surface area contributed by atoms with Crippen molar-refractivity contribution in [2.45, 2.75) is 26.4 Å². The molecule has 1 fully saturated rings. The van der Waals surface area contributed by atoms with Crippen molar-refractivity contribution in [3.63, 3.8) is 0 Å². The van der Waals surface area contributed by atoms with Gasteiger partial charge in [-0.2, -0.15) is 0 Å². The molecule has 0 radical (unpaired) electrons. The van der Waals surface area contributed by atoms with Gasteiger partial charge in [-0.3, -0.25) is 9.69 Å². The van der Waals surface area contributed by atoms with Gasteiger partial charge in [-0.1, -0.05) is 23.7 Å². The van der Waals surface area contributed by atoms with E-state index in [9.17, 15) is 9.90 Å². The number of aliphatic hydroxyl groups is 1. The fraction of sp³-hybridized carbons (Fsp3) is 0.562. The Morgan fingerprint density at radius 3 is 2.48 bits per heavy atom. The van der Waals surface area contributed by atoms with E-state index in [0.29, 0.717) is 30.2 Å². The topological polar surface area (TPSA) is 43.8 Å². The number of hydrogen-bond donors (Lipinski definition) is 1. The third kappa shape index (κ3) is 4.19. The predicted molar refractivity (Wildman–Crippen MR) is 84.8 cm³/mol.